The molecule has 0 bridgehead atoms. The first-order chi connectivity index (χ1) is 10.3. The first-order valence-electron chi connectivity index (χ1n) is 6.94. The zero-order chi connectivity index (χ0) is 14.2. The van der Waals surface area contributed by atoms with Crippen molar-refractivity contribution in [1.29, 1.82) is 0 Å². The van der Waals surface area contributed by atoms with Gasteiger partial charge < -0.3 is 5.73 Å². The summed E-state index contributed by atoms with van der Waals surface area (Å²) >= 11 is 1.77. The Morgan fingerprint density at radius 2 is 2.29 bits per heavy atom. The summed E-state index contributed by atoms with van der Waals surface area (Å²) in [4.78, 5) is 17.7. The molecule has 0 saturated carbocycles. The molecule has 0 aromatic carbocycles. The summed E-state index contributed by atoms with van der Waals surface area (Å²) in [6.45, 7) is 2.84. The lowest BCUT2D eigenvalue weighted by Crippen LogP contribution is -2.30. The number of rotatable bonds is 2. The molecule has 2 N–H and O–H groups in total. The maximum Gasteiger partial charge on any atom is 0.220 e. The summed E-state index contributed by atoms with van der Waals surface area (Å²) in [5, 5.41) is 1.23. The van der Waals surface area contributed by atoms with E-state index in [-0.39, 0.29) is 0 Å². The molecule has 6 heteroatoms. The van der Waals surface area contributed by atoms with E-state index in [1.807, 2.05) is 18.5 Å². The number of fused-ring (bicyclic) bond motifs is 2. The van der Waals surface area contributed by atoms with Gasteiger partial charge in [0.05, 0.1) is 5.69 Å². The number of nitrogens with two attached hydrogens (primary N) is 1. The van der Waals surface area contributed by atoms with Crippen LogP contribution < -0.4 is 5.73 Å². The lowest BCUT2D eigenvalue weighted by atomic mass is 10.1. The van der Waals surface area contributed by atoms with Crippen molar-refractivity contribution in [3.63, 3.8) is 0 Å². The van der Waals surface area contributed by atoms with Crippen molar-refractivity contribution in [1.82, 2.24) is 19.9 Å². The average molecular weight is 297 g/mol. The van der Waals surface area contributed by atoms with E-state index in [1.165, 1.54) is 15.8 Å². The van der Waals surface area contributed by atoms with Crippen molar-refractivity contribution in [2.45, 2.75) is 19.5 Å². The molecule has 1 aliphatic rings. The Morgan fingerprint density at radius 3 is 3.19 bits per heavy atom. The maximum absolute atomic E-state index is 5.64. The quantitative estimate of drug-likeness (QED) is 0.785. The van der Waals surface area contributed by atoms with Crippen molar-refractivity contribution in [2.24, 2.45) is 0 Å². The SMILES string of the molecule is Nc1ncc2c(n1)CCN(Cc1cc3cccnc3s1)C2. The lowest BCUT2D eigenvalue weighted by Gasteiger charge is -2.27. The summed E-state index contributed by atoms with van der Waals surface area (Å²) in [7, 11) is 0. The number of nitrogen functional groups attached to an aromatic ring is 1. The van der Waals surface area contributed by atoms with Gasteiger partial charge in [0.1, 0.15) is 4.83 Å². The predicted octanol–water partition coefficient (Wildman–Crippen LogP) is 2.23. The standard InChI is InChI=1S/C15H15N5S/c16-15-18-7-11-8-20(5-3-13(11)19-15)9-12-6-10-2-1-4-17-14(10)21-12/h1-2,4,6-7H,3,5,8-9H2,(H2,16,18,19). The van der Waals surface area contributed by atoms with Gasteiger partial charge in [0.25, 0.3) is 0 Å². The second-order valence-electron chi connectivity index (χ2n) is 5.27. The van der Waals surface area contributed by atoms with E-state index in [2.05, 4.69) is 32.0 Å². The van der Waals surface area contributed by atoms with Crippen LogP contribution in [0.3, 0.4) is 0 Å². The van der Waals surface area contributed by atoms with Gasteiger partial charge in [0.15, 0.2) is 0 Å². The molecule has 3 aromatic heterocycles. The number of nitrogens with zero attached hydrogens (tertiary/aromatic N) is 4. The molecule has 1 aliphatic heterocycles. The van der Waals surface area contributed by atoms with Crippen LogP contribution in [0.2, 0.25) is 0 Å². The summed E-state index contributed by atoms with van der Waals surface area (Å²) < 4.78 is 0. The Morgan fingerprint density at radius 1 is 1.33 bits per heavy atom. The Bertz CT molecular complexity index is 765. The third-order valence-corrected chi connectivity index (χ3v) is 4.80. The van der Waals surface area contributed by atoms with Crippen molar-refractivity contribution in [2.75, 3.05) is 12.3 Å². The van der Waals surface area contributed by atoms with Crippen LogP contribution in [0.15, 0.2) is 30.6 Å². The van der Waals surface area contributed by atoms with Crippen LogP contribution in [0.5, 0.6) is 0 Å². The fraction of sp³-hybridized carbons (Fsp3) is 0.267. The Kier molecular flexibility index (Phi) is 3.05. The molecular formula is C15H15N5S. The number of hydrogen-bond acceptors (Lipinski definition) is 6. The van der Waals surface area contributed by atoms with Crippen molar-refractivity contribution < 1.29 is 0 Å². The fourth-order valence-corrected chi connectivity index (χ4v) is 3.79. The van der Waals surface area contributed by atoms with E-state index in [0.29, 0.717) is 5.95 Å². The molecule has 0 fully saturated rings. The fourth-order valence-electron chi connectivity index (χ4n) is 2.75. The highest BCUT2D eigenvalue weighted by molar-refractivity contribution is 7.18. The summed E-state index contributed by atoms with van der Waals surface area (Å²) in [5.74, 6) is 0.373. The Hall–Kier alpha value is -2.05. The molecule has 4 rings (SSSR count). The topological polar surface area (TPSA) is 67.9 Å². The third-order valence-electron chi connectivity index (χ3n) is 3.76. The lowest BCUT2D eigenvalue weighted by molar-refractivity contribution is 0.245. The molecule has 5 nitrogen and oxygen atoms in total. The number of pyridine rings is 1. The zero-order valence-corrected chi connectivity index (χ0v) is 12.3. The Labute approximate surface area is 126 Å². The summed E-state index contributed by atoms with van der Waals surface area (Å²) in [6.07, 6.45) is 4.64. The minimum atomic E-state index is 0.373. The van der Waals surface area contributed by atoms with Gasteiger partial charge in [-0.2, -0.15) is 0 Å². The zero-order valence-electron chi connectivity index (χ0n) is 11.5. The van der Waals surface area contributed by atoms with Crippen LogP contribution >= 0.6 is 11.3 Å². The van der Waals surface area contributed by atoms with Gasteiger partial charge in [-0.05, 0) is 12.1 Å². The second kappa shape index (κ2) is 5.05. The van der Waals surface area contributed by atoms with Gasteiger partial charge in [-0.15, -0.1) is 11.3 Å². The monoisotopic (exact) mass is 297 g/mol. The van der Waals surface area contributed by atoms with E-state index in [9.17, 15) is 0 Å². The summed E-state index contributed by atoms with van der Waals surface area (Å²) in [5.41, 5.74) is 7.93. The molecule has 0 atom stereocenters. The van der Waals surface area contributed by atoms with Crippen molar-refractivity contribution >= 4 is 27.5 Å². The number of aromatic nitrogens is 3. The van der Waals surface area contributed by atoms with Crippen LogP contribution in [-0.2, 0) is 19.5 Å². The van der Waals surface area contributed by atoms with E-state index >= 15 is 0 Å². The van der Waals surface area contributed by atoms with Gasteiger partial charge in [-0.3, -0.25) is 4.90 Å². The third kappa shape index (κ3) is 2.48. The molecule has 0 amide bonds. The number of thiophene rings is 1. The van der Waals surface area contributed by atoms with Gasteiger partial charge in [0, 0.05) is 54.3 Å². The molecule has 0 spiro atoms. The van der Waals surface area contributed by atoms with Crippen LogP contribution in [-0.4, -0.2) is 26.4 Å². The van der Waals surface area contributed by atoms with E-state index in [4.69, 9.17) is 5.73 Å². The minimum Gasteiger partial charge on any atom is -0.368 e. The second-order valence-corrected chi connectivity index (χ2v) is 6.39. The van der Waals surface area contributed by atoms with Crippen LogP contribution in [0, 0.1) is 0 Å². The minimum absolute atomic E-state index is 0.373. The molecule has 4 heterocycles. The highest BCUT2D eigenvalue weighted by Crippen LogP contribution is 2.26. The Balaban J connectivity index is 1.54. The molecule has 0 aliphatic carbocycles. The molecule has 0 saturated heterocycles. The van der Waals surface area contributed by atoms with Crippen LogP contribution in [0.4, 0.5) is 5.95 Å². The van der Waals surface area contributed by atoms with Crippen LogP contribution in [0.25, 0.3) is 10.2 Å². The van der Waals surface area contributed by atoms with Gasteiger partial charge >= 0.3 is 0 Å². The van der Waals surface area contributed by atoms with Crippen LogP contribution in [0.1, 0.15) is 16.1 Å². The smallest absolute Gasteiger partial charge is 0.220 e. The highest BCUT2D eigenvalue weighted by Gasteiger charge is 2.18. The molecule has 106 valence electrons. The molecule has 21 heavy (non-hydrogen) atoms. The summed E-state index contributed by atoms with van der Waals surface area (Å²) in [6, 6.07) is 6.34. The maximum atomic E-state index is 5.64. The van der Waals surface area contributed by atoms with E-state index in [0.717, 1.165) is 36.6 Å². The normalized spacial score (nSPS) is 15.2. The first-order valence-corrected chi connectivity index (χ1v) is 7.75. The number of hydrogen-bond donors (Lipinski definition) is 1. The molecule has 3 aromatic rings. The molecular weight excluding hydrogens is 282 g/mol. The largest absolute Gasteiger partial charge is 0.368 e. The van der Waals surface area contributed by atoms with Gasteiger partial charge in [0.2, 0.25) is 5.95 Å². The first kappa shape index (κ1) is 12.7. The molecule has 0 radical (unpaired) electrons. The molecule has 0 unspecified atom stereocenters. The van der Waals surface area contributed by atoms with E-state index in [1.54, 1.807) is 11.3 Å². The van der Waals surface area contributed by atoms with E-state index < -0.39 is 0 Å². The highest BCUT2D eigenvalue weighted by atomic mass is 32.1. The van der Waals surface area contributed by atoms with Gasteiger partial charge in [-0.25, -0.2) is 15.0 Å². The van der Waals surface area contributed by atoms with Crippen molar-refractivity contribution in [3.8, 4) is 0 Å². The van der Waals surface area contributed by atoms with Crippen molar-refractivity contribution in [3.05, 3.63) is 46.7 Å². The van der Waals surface area contributed by atoms with Gasteiger partial charge in [-0.1, -0.05) is 6.07 Å². The predicted molar refractivity (Wildman–Crippen MR) is 83.9 cm³/mol. The number of anilines is 1. The average Bonchev–Trinajstić information content (AvgIpc) is 2.89.